The van der Waals surface area contributed by atoms with Gasteiger partial charge in [0.25, 0.3) is 0 Å². The van der Waals surface area contributed by atoms with Gasteiger partial charge >= 0.3 is 17.9 Å². The minimum atomic E-state index is -0.778. The van der Waals surface area contributed by atoms with Crippen LogP contribution in [-0.4, -0.2) is 37.2 Å². The maximum atomic E-state index is 13.0. The first-order valence-corrected chi connectivity index (χ1v) is 36.5. The molecule has 476 valence electrons. The predicted octanol–water partition coefficient (Wildman–Crippen LogP) is 25.1. The average Bonchev–Trinajstić information content (AvgIpc) is 3.47. The first-order valence-electron chi connectivity index (χ1n) is 36.5. The van der Waals surface area contributed by atoms with Gasteiger partial charge in [0, 0.05) is 19.3 Å². The number of rotatable bonds is 68. The number of esters is 3. The molecular formula is C75H140O6. The largest absolute Gasteiger partial charge is 0.462 e. The highest BCUT2D eigenvalue weighted by Crippen LogP contribution is 2.19. The Morgan fingerprint density at radius 3 is 0.691 bits per heavy atom. The van der Waals surface area contributed by atoms with Gasteiger partial charge in [-0.05, 0) is 57.8 Å². The molecule has 0 aromatic rings. The van der Waals surface area contributed by atoms with Crippen LogP contribution in [0.1, 0.15) is 406 Å². The molecule has 0 amide bonds. The maximum absolute atomic E-state index is 13.0. The van der Waals surface area contributed by atoms with Crippen molar-refractivity contribution in [1.29, 1.82) is 0 Å². The van der Waals surface area contributed by atoms with E-state index in [1.54, 1.807) is 0 Å². The molecule has 1 atom stereocenters. The van der Waals surface area contributed by atoms with Crippen LogP contribution in [0.15, 0.2) is 36.5 Å². The van der Waals surface area contributed by atoms with Crippen molar-refractivity contribution >= 4 is 17.9 Å². The molecule has 1 unspecified atom stereocenters. The summed E-state index contributed by atoms with van der Waals surface area (Å²) >= 11 is 0. The van der Waals surface area contributed by atoms with E-state index in [1.165, 1.54) is 289 Å². The Balaban J connectivity index is 4.33. The van der Waals surface area contributed by atoms with Gasteiger partial charge in [-0.15, -0.1) is 0 Å². The van der Waals surface area contributed by atoms with Gasteiger partial charge in [0.15, 0.2) is 6.10 Å². The molecule has 0 aliphatic heterocycles. The van der Waals surface area contributed by atoms with Crippen LogP contribution < -0.4 is 0 Å². The topological polar surface area (TPSA) is 78.9 Å². The lowest BCUT2D eigenvalue weighted by Crippen LogP contribution is -2.30. The molecule has 0 radical (unpaired) electrons. The number of allylic oxidation sites excluding steroid dienone is 6. The summed E-state index contributed by atoms with van der Waals surface area (Å²) in [6.45, 7) is 6.71. The lowest BCUT2D eigenvalue weighted by atomic mass is 10.0. The van der Waals surface area contributed by atoms with E-state index in [1.807, 2.05) is 0 Å². The number of hydrogen-bond donors (Lipinski definition) is 0. The van der Waals surface area contributed by atoms with Crippen molar-refractivity contribution in [2.75, 3.05) is 13.2 Å². The van der Waals surface area contributed by atoms with Crippen molar-refractivity contribution in [2.24, 2.45) is 0 Å². The highest BCUT2D eigenvalue weighted by atomic mass is 16.6. The van der Waals surface area contributed by atoms with Crippen LogP contribution in [0, 0.1) is 0 Å². The van der Waals surface area contributed by atoms with Crippen molar-refractivity contribution in [2.45, 2.75) is 412 Å². The molecule has 81 heavy (non-hydrogen) atoms. The molecule has 0 saturated carbocycles. The normalized spacial score (nSPS) is 12.2. The van der Waals surface area contributed by atoms with Gasteiger partial charge in [0.05, 0.1) is 0 Å². The second-order valence-electron chi connectivity index (χ2n) is 24.9. The Labute approximate surface area is 506 Å². The molecule has 0 heterocycles. The highest BCUT2D eigenvalue weighted by Gasteiger charge is 2.19. The highest BCUT2D eigenvalue weighted by molar-refractivity contribution is 5.71. The predicted molar refractivity (Wildman–Crippen MR) is 353 cm³/mol. The molecule has 0 aromatic heterocycles. The van der Waals surface area contributed by atoms with E-state index >= 15 is 0 Å². The lowest BCUT2D eigenvalue weighted by Gasteiger charge is -2.18. The third kappa shape index (κ3) is 68.3. The minimum Gasteiger partial charge on any atom is -0.462 e. The fourth-order valence-corrected chi connectivity index (χ4v) is 11.2. The summed E-state index contributed by atoms with van der Waals surface area (Å²) in [5.41, 5.74) is 0. The Morgan fingerprint density at radius 2 is 0.444 bits per heavy atom. The zero-order chi connectivity index (χ0) is 58.5. The smallest absolute Gasteiger partial charge is 0.306 e. The van der Waals surface area contributed by atoms with E-state index < -0.39 is 6.10 Å². The monoisotopic (exact) mass is 1140 g/mol. The number of ether oxygens (including phenoxy) is 3. The molecule has 0 bridgehead atoms. The van der Waals surface area contributed by atoms with E-state index in [0.29, 0.717) is 19.3 Å². The van der Waals surface area contributed by atoms with Crippen LogP contribution in [0.25, 0.3) is 0 Å². The van der Waals surface area contributed by atoms with Crippen LogP contribution >= 0.6 is 0 Å². The summed E-state index contributed by atoms with van der Waals surface area (Å²) in [4.78, 5) is 38.5. The molecule has 0 spiro atoms. The second kappa shape index (κ2) is 70.1. The van der Waals surface area contributed by atoms with Crippen molar-refractivity contribution in [3.8, 4) is 0 Å². The van der Waals surface area contributed by atoms with Gasteiger partial charge in [0.1, 0.15) is 13.2 Å². The zero-order valence-corrected chi connectivity index (χ0v) is 54.8. The third-order valence-electron chi connectivity index (χ3n) is 16.6. The number of unbranched alkanes of at least 4 members (excludes halogenated alkanes) is 51. The molecule has 0 rings (SSSR count). The van der Waals surface area contributed by atoms with Gasteiger partial charge in [-0.3, -0.25) is 14.4 Å². The third-order valence-corrected chi connectivity index (χ3v) is 16.6. The van der Waals surface area contributed by atoms with Gasteiger partial charge in [-0.1, -0.05) is 365 Å². The van der Waals surface area contributed by atoms with E-state index in [0.717, 1.165) is 77.0 Å². The first kappa shape index (κ1) is 78.6. The quantitative estimate of drug-likeness (QED) is 0.0261. The van der Waals surface area contributed by atoms with Crippen molar-refractivity contribution in [3.63, 3.8) is 0 Å². The maximum Gasteiger partial charge on any atom is 0.306 e. The zero-order valence-electron chi connectivity index (χ0n) is 54.8. The number of carbonyl (C=O) groups is 3. The van der Waals surface area contributed by atoms with Crippen molar-refractivity contribution < 1.29 is 28.6 Å². The van der Waals surface area contributed by atoms with E-state index in [4.69, 9.17) is 14.2 Å². The second-order valence-corrected chi connectivity index (χ2v) is 24.9. The van der Waals surface area contributed by atoms with E-state index in [-0.39, 0.29) is 31.1 Å². The van der Waals surface area contributed by atoms with E-state index in [9.17, 15) is 14.4 Å². The molecule has 0 aliphatic carbocycles. The molecular weight excluding hydrogens is 997 g/mol. The first-order chi connectivity index (χ1) is 40.0. The molecule has 0 aromatic carbocycles. The average molecular weight is 1140 g/mol. The minimum absolute atomic E-state index is 0.0716. The summed E-state index contributed by atoms with van der Waals surface area (Å²) in [5, 5.41) is 0. The summed E-state index contributed by atoms with van der Waals surface area (Å²) in [7, 11) is 0. The molecule has 0 aliphatic rings. The van der Waals surface area contributed by atoms with Crippen LogP contribution in [0.5, 0.6) is 0 Å². The van der Waals surface area contributed by atoms with Crippen LogP contribution in [0.2, 0.25) is 0 Å². The molecule has 0 saturated heterocycles. The summed E-state index contributed by atoms with van der Waals surface area (Å²) in [6, 6.07) is 0. The van der Waals surface area contributed by atoms with E-state index in [2.05, 4.69) is 57.2 Å². The fourth-order valence-electron chi connectivity index (χ4n) is 11.2. The van der Waals surface area contributed by atoms with Crippen LogP contribution in [0.4, 0.5) is 0 Å². The summed E-state index contributed by atoms with van der Waals surface area (Å²) < 4.78 is 17.0. The van der Waals surface area contributed by atoms with Gasteiger partial charge in [-0.25, -0.2) is 0 Å². The fraction of sp³-hybridized carbons (Fsp3) is 0.880. The molecule has 6 nitrogen and oxygen atoms in total. The Hall–Kier alpha value is -2.37. The number of hydrogen-bond acceptors (Lipinski definition) is 6. The van der Waals surface area contributed by atoms with Crippen molar-refractivity contribution in [3.05, 3.63) is 36.5 Å². The van der Waals surface area contributed by atoms with Gasteiger partial charge < -0.3 is 14.2 Å². The van der Waals surface area contributed by atoms with Crippen LogP contribution in [0.3, 0.4) is 0 Å². The SMILES string of the molecule is CCCCCCC/C=C\C/C=C\C/C=C\CCCCCCCCC(=O)OC(COC(=O)CCCCCCCCCCCCCCCCCCCCCC)COC(=O)CCCCCCCCCCCCCCCCCCCCCCCC. The molecule has 0 fully saturated rings. The van der Waals surface area contributed by atoms with Crippen LogP contribution in [-0.2, 0) is 28.6 Å². The molecule has 6 heteroatoms. The Morgan fingerprint density at radius 1 is 0.247 bits per heavy atom. The van der Waals surface area contributed by atoms with Gasteiger partial charge in [0.2, 0.25) is 0 Å². The van der Waals surface area contributed by atoms with Gasteiger partial charge in [-0.2, -0.15) is 0 Å². The molecule has 0 N–H and O–H groups in total. The summed E-state index contributed by atoms with van der Waals surface area (Å²) in [5.74, 6) is -0.850. The Bertz CT molecular complexity index is 1350. The number of carbonyl (C=O) groups excluding carboxylic acids is 3. The standard InChI is InChI=1S/C75H140O6/c1-4-7-10-13-16-19-22-25-28-31-34-37-39-41-44-47-50-53-56-59-62-65-68-74(77)80-71-72(70-79-73(76)67-64-61-58-55-52-49-46-43-40-36-33-30-27-24-21-18-15-12-9-6-3)81-75(78)69-66-63-60-57-54-51-48-45-42-38-35-32-29-26-23-20-17-14-11-8-5-2/h23,26,32,35,42,45,72H,4-22,24-25,27-31,33-34,36-41,43-44,46-71H2,1-3H3/b26-23-,35-32-,45-42-. The van der Waals surface area contributed by atoms with Crippen molar-refractivity contribution in [1.82, 2.24) is 0 Å². The Kier molecular flexibility index (Phi) is 68.1. The lowest BCUT2D eigenvalue weighted by molar-refractivity contribution is -0.167. The summed E-state index contributed by atoms with van der Waals surface area (Å²) in [6.07, 6.45) is 87.4.